The molecule has 4 rings (SSSR count). The minimum Gasteiger partial charge on any atom is -0.496 e. The number of pyridine rings is 1. The summed E-state index contributed by atoms with van der Waals surface area (Å²) in [5, 5.41) is 0. The minimum absolute atomic E-state index is 0.187. The number of carbonyl (C=O) groups excluding carboxylic acids is 1. The van der Waals surface area contributed by atoms with Crippen molar-refractivity contribution in [3.8, 4) is 5.75 Å². The molecule has 3 aliphatic heterocycles. The number of rotatable bonds is 6. The summed E-state index contributed by atoms with van der Waals surface area (Å²) >= 11 is 0. The Morgan fingerprint density at radius 2 is 1.86 bits per heavy atom. The number of carbonyl (C=O) groups is 1. The molecule has 1 spiro atoms. The van der Waals surface area contributed by atoms with Gasteiger partial charge in [-0.1, -0.05) is 0 Å². The van der Waals surface area contributed by atoms with Crippen LogP contribution in [0, 0.1) is 19.3 Å². The molecule has 0 saturated carbocycles. The third-order valence-corrected chi connectivity index (χ3v) is 6.95. The van der Waals surface area contributed by atoms with Crippen molar-refractivity contribution in [3.63, 3.8) is 0 Å². The Morgan fingerprint density at radius 1 is 1.10 bits per heavy atom. The maximum Gasteiger partial charge on any atom is 0.230 e. The number of amides is 1. The molecular weight excluding hydrogens is 368 g/mol. The van der Waals surface area contributed by atoms with Crippen molar-refractivity contribution in [1.82, 2.24) is 19.7 Å². The van der Waals surface area contributed by atoms with Crippen LogP contribution in [0.3, 0.4) is 0 Å². The lowest BCUT2D eigenvalue weighted by atomic mass is 9.85. The van der Waals surface area contributed by atoms with Crippen LogP contribution in [0.1, 0.15) is 29.7 Å². The standard InChI is InChI=1S/C22H34N4O3/c1-17-14-23-19(18(2)20(17)28-3)15-25-6-4-22(16-25)5-7-26(21(22)27)9-8-24-10-12-29-13-11-24/h14H,4-13,15-16H2,1-3H3. The first-order valence-electron chi connectivity index (χ1n) is 10.8. The monoisotopic (exact) mass is 402 g/mol. The first-order chi connectivity index (χ1) is 14.0. The second kappa shape index (κ2) is 8.58. The molecule has 1 unspecified atom stereocenters. The molecule has 160 valence electrons. The number of likely N-dealkylation sites (tertiary alicyclic amines) is 2. The van der Waals surface area contributed by atoms with Gasteiger partial charge in [-0.3, -0.25) is 19.6 Å². The highest BCUT2D eigenvalue weighted by Gasteiger charge is 2.50. The Labute approximate surface area is 174 Å². The molecule has 0 aliphatic carbocycles. The largest absolute Gasteiger partial charge is 0.496 e. The second-order valence-corrected chi connectivity index (χ2v) is 8.78. The Kier molecular flexibility index (Phi) is 6.08. The number of morpholine rings is 1. The lowest BCUT2D eigenvalue weighted by Gasteiger charge is -2.29. The maximum absolute atomic E-state index is 13.2. The van der Waals surface area contributed by atoms with Crippen LogP contribution >= 0.6 is 0 Å². The van der Waals surface area contributed by atoms with Gasteiger partial charge in [0.25, 0.3) is 0 Å². The molecule has 0 bridgehead atoms. The highest BCUT2D eigenvalue weighted by atomic mass is 16.5. The van der Waals surface area contributed by atoms with Crippen LogP contribution in [0.4, 0.5) is 0 Å². The van der Waals surface area contributed by atoms with Gasteiger partial charge in [0.05, 0.1) is 31.4 Å². The van der Waals surface area contributed by atoms with Gasteiger partial charge in [-0.05, 0) is 33.2 Å². The molecule has 1 atom stereocenters. The quantitative estimate of drug-likeness (QED) is 0.718. The highest BCUT2D eigenvalue weighted by Crippen LogP contribution is 2.41. The minimum atomic E-state index is -0.187. The number of methoxy groups -OCH3 is 1. The highest BCUT2D eigenvalue weighted by molar-refractivity contribution is 5.85. The zero-order valence-electron chi connectivity index (χ0n) is 18.1. The van der Waals surface area contributed by atoms with E-state index in [1.807, 2.05) is 13.1 Å². The van der Waals surface area contributed by atoms with E-state index in [0.717, 1.165) is 101 Å². The van der Waals surface area contributed by atoms with Crippen molar-refractivity contribution in [1.29, 1.82) is 0 Å². The van der Waals surface area contributed by atoms with Crippen molar-refractivity contribution in [2.45, 2.75) is 33.2 Å². The number of ether oxygens (including phenoxy) is 2. The average molecular weight is 403 g/mol. The molecule has 0 radical (unpaired) electrons. The molecule has 7 heteroatoms. The van der Waals surface area contributed by atoms with E-state index in [9.17, 15) is 4.79 Å². The van der Waals surface area contributed by atoms with Crippen molar-refractivity contribution in [2.24, 2.45) is 5.41 Å². The lowest BCUT2D eigenvalue weighted by Crippen LogP contribution is -2.43. The van der Waals surface area contributed by atoms with Crippen LogP contribution in [0.25, 0.3) is 0 Å². The van der Waals surface area contributed by atoms with Gasteiger partial charge in [0.15, 0.2) is 0 Å². The molecule has 3 saturated heterocycles. The van der Waals surface area contributed by atoms with E-state index < -0.39 is 0 Å². The molecule has 7 nitrogen and oxygen atoms in total. The van der Waals surface area contributed by atoms with E-state index >= 15 is 0 Å². The fraction of sp³-hybridized carbons (Fsp3) is 0.727. The molecule has 1 amide bonds. The lowest BCUT2D eigenvalue weighted by molar-refractivity contribution is -0.135. The summed E-state index contributed by atoms with van der Waals surface area (Å²) in [6.07, 6.45) is 3.83. The Hall–Kier alpha value is -1.70. The number of aryl methyl sites for hydroxylation is 1. The second-order valence-electron chi connectivity index (χ2n) is 8.78. The number of nitrogens with zero attached hydrogens (tertiary/aromatic N) is 4. The molecular formula is C22H34N4O3. The summed E-state index contributed by atoms with van der Waals surface area (Å²) in [5.74, 6) is 1.29. The summed E-state index contributed by atoms with van der Waals surface area (Å²) in [5.41, 5.74) is 3.04. The van der Waals surface area contributed by atoms with Crippen LogP contribution in [0.5, 0.6) is 5.75 Å². The smallest absolute Gasteiger partial charge is 0.230 e. The predicted octanol–water partition coefficient (Wildman–Crippen LogP) is 1.46. The fourth-order valence-corrected chi connectivity index (χ4v) is 5.11. The predicted molar refractivity (Wildman–Crippen MR) is 111 cm³/mol. The van der Waals surface area contributed by atoms with Crippen LogP contribution < -0.4 is 4.74 Å². The van der Waals surface area contributed by atoms with Gasteiger partial charge < -0.3 is 14.4 Å². The summed E-state index contributed by atoms with van der Waals surface area (Å²) in [6.45, 7) is 13.0. The molecule has 1 aromatic rings. The molecule has 3 fully saturated rings. The zero-order valence-corrected chi connectivity index (χ0v) is 18.1. The van der Waals surface area contributed by atoms with Gasteiger partial charge in [-0.2, -0.15) is 0 Å². The van der Waals surface area contributed by atoms with Crippen LogP contribution in [0.15, 0.2) is 6.20 Å². The number of hydrogen-bond donors (Lipinski definition) is 0. The molecule has 0 N–H and O–H groups in total. The molecule has 29 heavy (non-hydrogen) atoms. The van der Waals surface area contributed by atoms with Gasteiger partial charge in [0.2, 0.25) is 5.91 Å². The fourth-order valence-electron chi connectivity index (χ4n) is 5.11. The van der Waals surface area contributed by atoms with Gasteiger partial charge in [0.1, 0.15) is 5.75 Å². The average Bonchev–Trinajstić information content (AvgIpc) is 3.28. The van der Waals surface area contributed by atoms with Gasteiger partial charge >= 0.3 is 0 Å². The van der Waals surface area contributed by atoms with Crippen molar-refractivity contribution < 1.29 is 14.3 Å². The Morgan fingerprint density at radius 3 is 2.62 bits per heavy atom. The first-order valence-corrected chi connectivity index (χ1v) is 10.8. The Balaban J connectivity index is 1.35. The molecule has 4 heterocycles. The van der Waals surface area contributed by atoms with Gasteiger partial charge in [-0.25, -0.2) is 0 Å². The van der Waals surface area contributed by atoms with Crippen LogP contribution in [0.2, 0.25) is 0 Å². The zero-order chi connectivity index (χ0) is 20.4. The normalized spacial score (nSPS) is 26.0. The van der Waals surface area contributed by atoms with Crippen LogP contribution in [-0.4, -0.2) is 91.7 Å². The summed E-state index contributed by atoms with van der Waals surface area (Å²) in [7, 11) is 1.71. The third-order valence-electron chi connectivity index (χ3n) is 6.95. The number of hydrogen-bond acceptors (Lipinski definition) is 6. The van der Waals surface area contributed by atoms with E-state index in [2.05, 4.69) is 26.6 Å². The maximum atomic E-state index is 13.2. The third kappa shape index (κ3) is 4.13. The van der Waals surface area contributed by atoms with Crippen LogP contribution in [-0.2, 0) is 16.1 Å². The van der Waals surface area contributed by atoms with Crippen molar-refractivity contribution in [3.05, 3.63) is 23.0 Å². The van der Waals surface area contributed by atoms with E-state index in [1.165, 1.54) is 0 Å². The molecule has 3 aliphatic rings. The van der Waals surface area contributed by atoms with E-state index in [1.54, 1.807) is 7.11 Å². The summed E-state index contributed by atoms with van der Waals surface area (Å²) in [4.78, 5) is 24.8. The molecule has 0 aromatic carbocycles. The van der Waals surface area contributed by atoms with E-state index in [4.69, 9.17) is 9.47 Å². The summed E-state index contributed by atoms with van der Waals surface area (Å²) in [6, 6.07) is 0. The Bertz CT molecular complexity index is 750. The first kappa shape index (κ1) is 20.6. The number of aromatic nitrogens is 1. The van der Waals surface area contributed by atoms with Gasteiger partial charge in [-0.15, -0.1) is 0 Å². The SMILES string of the molecule is COc1c(C)cnc(CN2CCC3(CCN(CCN4CCOCC4)C3=O)C2)c1C. The summed E-state index contributed by atoms with van der Waals surface area (Å²) < 4.78 is 11.0. The van der Waals surface area contributed by atoms with E-state index in [0.29, 0.717) is 5.91 Å². The van der Waals surface area contributed by atoms with Crippen molar-refractivity contribution in [2.75, 3.05) is 66.1 Å². The molecule has 1 aromatic heterocycles. The van der Waals surface area contributed by atoms with E-state index in [-0.39, 0.29) is 5.41 Å². The van der Waals surface area contributed by atoms with Gasteiger partial charge in [0, 0.05) is 63.1 Å². The van der Waals surface area contributed by atoms with Crippen molar-refractivity contribution >= 4 is 5.91 Å². The topological polar surface area (TPSA) is 58.1 Å².